The number of phenolic OH excluding ortho intramolecular Hbond substituents is 1. The topological polar surface area (TPSA) is 23.5 Å². The van der Waals surface area contributed by atoms with Crippen LogP contribution in [0, 0.1) is 0 Å². The van der Waals surface area contributed by atoms with Crippen molar-refractivity contribution in [1.82, 2.24) is 0 Å². The quantitative estimate of drug-likeness (QED) is 0.761. The van der Waals surface area contributed by atoms with E-state index in [4.69, 9.17) is 23.2 Å². The van der Waals surface area contributed by atoms with Gasteiger partial charge in [-0.15, -0.1) is 23.2 Å². The van der Waals surface area contributed by atoms with Gasteiger partial charge in [0, 0.05) is 36.6 Å². The lowest BCUT2D eigenvalue weighted by Crippen LogP contribution is -2.26. The summed E-state index contributed by atoms with van der Waals surface area (Å²) in [5, 5.41) is 9.43. The van der Waals surface area contributed by atoms with E-state index in [0.717, 1.165) is 31.6 Å². The average molecular weight is 262 g/mol. The smallest absolute Gasteiger partial charge is 0.117 e. The fourth-order valence-corrected chi connectivity index (χ4v) is 1.80. The van der Waals surface area contributed by atoms with Gasteiger partial charge in [-0.3, -0.25) is 0 Å². The maximum Gasteiger partial charge on any atom is 0.117 e. The summed E-state index contributed by atoms with van der Waals surface area (Å²) >= 11 is 11.4. The molecule has 1 aromatic carbocycles. The molecule has 0 fully saturated rings. The van der Waals surface area contributed by atoms with Crippen LogP contribution in [0.25, 0.3) is 0 Å². The number of halogens is 2. The van der Waals surface area contributed by atoms with Crippen LogP contribution in [0.4, 0.5) is 5.69 Å². The standard InChI is InChI=1S/C12H17Cl2NO/c13-6-2-8-15(9-3-7-14)11-4-1-5-12(16)10-11/h1,4-5,10,16H,2-3,6-9H2. The molecule has 1 aromatic rings. The van der Waals surface area contributed by atoms with Gasteiger partial charge in [0.1, 0.15) is 5.75 Å². The lowest BCUT2D eigenvalue weighted by Gasteiger charge is -2.24. The minimum absolute atomic E-state index is 0.291. The Bertz CT molecular complexity index is 299. The second-order valence-electron chi connectivity index (χ2n) is 3.59. The van der Waals surface area contributed by atoms with Gasteiger partial charge in [0.15, 0.2) is 0 Å². The van der Waals surface area contributed by atoms with E-state index < -0.39 is 0 Å². The molecule has 0 heterocycles. The van der Waals surface area contributed by atoms with E-state index in [9.17, 15) is 5.11 Å². The number of anilines is 1. The van der Waals surface area contributed by atoms with Crippen LogP contribution in [0.2, 0.25) is 0 Å². The molecule has 0 amide bonds. The van der Waals surface area contributed by atoms with Crippen LogP contribution in [0.15, 0.2) is 24.3 Å². The Morgan fingerprint density at radius 1 is 1.06 bits per heavy atom. The zero-order chi connectivity index (χ0) is 11.8. The van der Waals surface area contributed by atoms with Gasteiger partial charge in [-0.05, 0) is 25.0 Å². The minimum atomic E-state index is 0.291. The van der Waals surface area contributed by atoms with Crippen LogP contribution in [0.5, 0.6) is 5.75 Å². The maximum absolute atomic E-state index is 9.43. The van der Waals surface area contributed by atoms with Gasteiger partial charge >= 0.3 is 0 Å². The van der Waals surface area contributed by atoms with Crippen molar-refractivity contribution in [2.45, 2.75) is 12.8 Å². The number of nitrogens with zero attached hydrogens (tertiary/aromatic N) is 1. The summed E-state index contributed by atoms with van der Waals surface area (Å²) in [6.07, 6.45) is 1.86. The fourth-order valence-electron chi connectivity index (χ4n) is 1.56. The molecule has 90 valence electrons. The van der Waals surface area contributed by atoms with Crippen molar-refractivity contribution in [2.75, 3.05) is 29.7 Å². The van der Waals surface area contributed by atoms with Crippen molar-refractivity contribution in [1.29, 1.82) is 0 Å². The molecule has 0 radical (unpaired) electrons. The lowest BCUT2D eigenvalue weighted by atomic mass is 10.2. The zero-order valence-electron chi connectivity index (χ0n) is 9.20. The minimum Gasteiger partial charge on any atom is -0.508 e. The SMILES string of the molecule is Oc1cccc(N(CCCCl)CCCCl)c1. The van der Waals surface area contributed by atoms with Gasteiger partial charge in [-0.1, -0.05) is 6.07 Å². The molecule has 0 aliphatic carbocycles. The van der Waals surface area contributed by atoms with Crippen LogP contribution in [-0.4, -0.2) is 30.0 Å². The Morgan fingerprint density at radius 3 is 2.19 bits per heavy atom. The van der Waals surface area contributed by atoms with Gasteiger partial charge in [-0.2, -0.15) is 0 Å². The van der Waals surface area contributed by atoms with E-state index in [1.807, 2.05) is 12.1 Å². The number of rotatable bonds is 7. The molecule has 0 spiro atoms. The first-order chi connectivity index (χ1) is 7.77. The molecule has 0 bridgehead atoms. The van der Waals surface area contributed by atoms with Crippen LogP contribution in [0.1, 0.15) is 12.8 Å². The molecule has 0 aliphatic heterocycles. The maximum atomic E-state index is 9.43. The van der Waals surface area contributed by atoms with E-state index in [2.05, 4.69) is 4.90 Å². The van der Waals surface area contributed by atoms with Crippen molar-refractivity contribution in [3.63, 3.8) is 0 Å². The van der Waals surface area contributed by atoms with Crippen molar-refractivity contribution in [3.05, 3.63) is 24.3 Å². The van der Waals surface area contributed by atoms with Gasteiger partial charge in [0.2, 0.25) is 0 Å². The molecule has 0 aliphatic rings. The molecule has 2 nitrogen and oxygen atoms in total. The molecular weight excluding hydrogens is 245 g/mol. The number of hydrogen-bond acceptors (Lipinski definition) is 2. The van der Waals surface area contributed by atoms with Crippen LogP contribution in [0.3, 0.4) is 0 Å². The highest BCUT2D eigenvalue weighted by Crippen LogP contribution is 2.20. The predicted molar refractivity (Wildman–Crippen MR) is 71.0 cm³/mol. The fraction of sp³-hybridized carbons (Fsp3) is 0.500. The first-order valence-electron chi connectivity index (χ1n) is 5.44. The molecular formula is C12H17Cl2NO. The molecule has 0 saturated carbocycles. The molecule has 4 heteroatoms. The van der Waals surface area contributed by atoms with Crippen molar-refractivity contribution < 1.29 is 5.11 Å². The first-order valence-corrected chi connectivity index (χ1v) is 6.50. The summed E-state index contributed by atoms with van der Waals surface area (Å²) in [6, 6.07) is 7.27. The predicted octanol–water partition coefficient (Wildman–Crippen LogP) is 3.46. The highest BCUT2D eigenvalue weighted by atomic mass is 35.5. The van der Waals surface area contributed by atoms with Gasteiger partial charge in [0.25, 0.3) is 0 Å². The molecule has 0 atom stereocenters. The largest absolute Gasteiger partial charge is 0.508 e. The zero-order valence-corrected chi connectivity index (χ0v) is 10.7. The van der Waals surface area contributed by atoms with Crippen LogP contribution < -0.4 is 4.90 Å². The molecule has 0 aromatic heterocycles. The average Bonchev–Trinajstić information content (AvgIpc) is 2.29. The Kier molecular flexibility index (Phi) is 6.43. The highest BCUT2D eigenvalue weighted by molar-refractivity contribution is 6.18. The molecule has 1 N–H and O–H groups in total. The second-order valence-corrected chi connectivity index (χ2v) is 4.35. The molecule has 0 unspecified atom stereocenters. The van der Waals surface area contributed by atoms with Crippen molar-refractivity contribution >= 4 is 28.9 Å². The summed E-state index contributed by atoms with van der Waals surface area (Å²) in [5.74, 6) is 1.59. The number of hydrogen-bond donors (Lipinski definition) is 1. The van der Waals surface area contributed by atoms with E-state index in [-0.39, 0.29) is 0 Å². The molecule has 16 heavy (non-hydrogen) atoms. The summed E-state index contributed by atoms with van der Waals surface area (Å²) in [4.78, 5) is 2.20. The van der Waals surface area contributed by atoms with Crippen molar-refractivity contribution in [2.24, 2.45) is 0 Å². The van der Waals surface area contributed by atoms with Crippen LogP contribution >= 0.6 is 23.2 Å². The number of aromatic hydroxyl groups is 1. The van der Waals surface area contributed by atoms with Gasteiger partial charge < -0.3 is 10.0 Å². The first kappa shape index (κ1) is 13.5. The Balaban J connectivity index is 2.66. The number of alkyl halides is 2. The number of benzene rings is 1. The van der Waals surface area contributed by atoms with E-state index >= 15 is 0 Å². The van der Waals surface area contributed by atoms with Crippen LogP contribution in [-0.2, 0) is 0 Å². The van der Waals surface area contributed by atoms with E-state index in [1.54, 1.807) is 12.1 Å². The summed E-state index contributed by atoms with van der Waals surface area (Å²) in [5.41, 5.74) is 1.02. The van der Waals surface area contributed by atoms with Gasteiger partial charge in [-0.25, -0.2) is 0 Å². The third kappa shape index (κ3) is 4.50. The normalized spacial score (nSPS) is 10.4. The summed E-state index contributed by atoms with van der Waals surface area (Å²) < 4.78 is 0. The number of phenols is 1. The lowest BCUT2D eigenvalue weighted by molar-refractivity contribution is 0.475. The summed E-state index contributed by atoms with van der Waals surface area (Å²) in [6.45, 7) is 1.79. The monoisotopic (exact) mass is 261 g/mol. The van der Waals surface area contributed by atoms with Crippen molar-refractivity contribution in [3.8, 4) is 5.75 Å². The Hall–Kier alpha value is -0.600. The molecule has 0 saturated heterocycles. The Morgan fingerprint density at radius 2 is 1.69 bits per heavy atom. The van der Waals surface area contributed by atoms with E-state index in [0.29, 0.717) is 17.5 Å². The molecule has 1 rings (SSSR count). The Labute approximate surface area is 107 Å². The summed E-state index contributed by atoms with van der Waals surface area (Å²) in [7, 11) is 0. The van der Waals surface area contributed by atoms with Gasteiger partial charge in [0.05, 0.1) is 0 Å². The third-order valence-electron chi connectivity index (χ3n) is 2.32. The highest BCUT2D eigenvalue weighted by Gasteiger charge is 2.06. The third-order valence-corrected chi connectivity index (χ3v) is 2.85. The van der Waals surface area contributed by atoms with E-state index in [1.165, 1.54) is 0 Å². The second kappa shape index (κ2) is 7.64.